The summed E-state index contributed by atoms with van der Waals surface area (Å²) in [6, 6.07) is 25.1. The molecule has 1 aromatic heterocycles. The molecule has 0 fully saturated rings. The van der Waals surface area contributed by atoms with Gasteiger partial charge in [-0.05, 0) is 54.8 Å². The van der Waals surface area contributed by atoms with Crippen LogP contribution in [0.4, 0.5) is 11.4 Å². The highest BCUT2D eigenvalue weighted by Gasteiger charge is 2.15. The predicted octanol–water partition coefficient (Wildman–Crippen LogP) is 6.25. The molecule has 0 aliphatic heterocycles. The molecule has 0 spiro atoms. The van der Waals surface area contributed by atoms with Crippen molar-refractivity contribution in [3.8, 4) is 0 Å². The highest BCUT2D eigenvalue weighted by atomic mass is 79.9. The lowest BCUT2D eigenvalue weighted by molar-refractivity contribution is -0.116. The SMILES string of the molecule is O=Cc1ccccc1NC(CCC(=O)Nc1cccc2cccnc12)Cc1ccc(Br)cc1. The molecule has 0 aliphatic carbocycles. The summed E-state index contributed by atoms with van der Waals surface area (Å²) < 4.78 is 1.02. The number of nitrogens with zero attached hydrogens (tertiary/aromatic N) is 1. The third-order valence-corrected chi connectivity index (χ3v) is 6.00. The zero-order chi connectivity index (χ0) is 23.0. The van der Waals surface area contributed by atoms with Gasteiger partial charge < -0.3 is 10.6 Å². The molecule has 4 aromatic rings. The summed E-state index contributed by atoms with van der Waals surface area (Å²) >= 11 is 3.47. The number of nitrogens with one attached hydrogen (secondary N) is 2. The van der Waals surface area contributed by atoms with Gasteiger partial charge in [-0.25, -0.2) is 0 Å². The number of aromatic nitrogens is 1. The van der Waals surface area contributed by atoms with Gasteiger partial charge >= 0.3 is 0 Å². The van der Waals surface area contributed by atoms with Crippen LogP contribution in [-0.2, 0) is 11.2 Å². The van der Waals surface area contributed by atoms with E-state index in [9.17, 15) is 9.59 Å². The van der Waals surface area contributed by atoms with Crippen molar-refractivity contribution in [3.05, 3.63) is 101 Å². The number of anilines is 2. The molecule has 1 amide bonds. The second kappa shape index (κ2) is 10.9. The number of carbonyl (C=O) groups is 2. The van der Waals surface area contributed by atoms with E-state index in [0.29, 0.717) is 24.1 Å². The van der Waals surface area contributed by atoms with Gasteiger partial charge in [-0.3, -0.25) is 14.6 Å². The maximum atomic E-state index is 12.8. The second-order valence-electron chi connectivity index (χ2n) is 7.84. The predicted molar refractivity (Wildman–Crippen MR) is 137 cm³/mol. The lowest BCUT2D eigenvalue weighted by Gasteiger charge is -2.21. The summed E-state index contributed by atoms with van der Waals surface area (Å²) in [5.74, 6) is -0.0700. The fourth-order valence-corrected chi connectivity index (χ4v) is 4.07. The standard InChI is InChI=1S/C27H24BrN3O2/c28-22-12-10-19(11-13-22)17-23(30-24-8-2-1-5-21(24)18-32)14-15-26(33)31-25-9-3-6-20-7-4-16-29-27(20)25/h1-13,16,18,23,30H,14-15,17H2,(H,31,33). The largest absolute Gasteiger partial charge is 0.381 e. The first kappa shape index (κ1) is 22.7. The molecule has 2 N–H and O–H groups in total. The van der Waals surface area contributed by atoms with E-state index in [1.54, 1.807) is 12.3 Å². The fraction of sp³-hybridized carbons (Fsp3) is 0.148. The number of benzene rings is 3. The van der Waals surface area contributed by atoms with Crippen LogP contribution in [-0.4, -0.2) is 23.2 Å². The third kappa shape index (κ3) is 6.05. The lowest BCUT2D eigenvalue weighted by Crippen LogP contribution is -2.25. The highest BCUT2D eigenvalue weighted by Crippen LogP contribution is 2.22. The zero-order valence-electron chi connectivity index (χ0n) is 18.0. The molecule has 6 heteroatoms. The van der Waals surface area contributed by atoms with Gasteiger partial charge in [0.1, 0.15) is 0 Å². The molecule has 0 saturated carbocycles. The zero-order valence-corrected chi connectivity index (χ0v) is 19.6. The Morgan fingerprint density at radius 3 is 2.52 bits per heavy atom. The molecular formula is C27H24BrN3O2. The highest BCUT2D eigenvalue weighted by molar-refractivity contribution is 9.10. The summed E-state index contributed by atoms with van der Waals surface area (Å²) in [4.78, 5) is 28.7. The number of fused-ring (bicyclic) bond motifs is 1. The second-order valence-corrected chi connectivity index (χ2v) is 8.76. The van der Waals surface area contributed by atoms with E-state index >= 15 is 0 Å². The van der Waals surface area contributed by atoms with Crippen molar-refractivity contribution in [3.63, 3.8) is 0 Å². The van der Waals surface area contributed by atoms with E-state index in [1.165, 1.54) is 0 Å². The van der Waals surface area contributed by atoms with Crippen LogP contribution < -0.4 is 10.6 Å². The molecule has 0 bridgehead atoms. The van der Waals surface area contributed by atoms with Crippen LogP contribution in [0.2, 0.25) is 0 Å². The first-order valence-electron chi connectivity index (χ1n) is 10.8. The van der Waals surface area contributed by atoms with E-state index in [4.69, 9.17) is 0 Å². The summed E-state index contributed by atoms with van der Waals surface area (Å²) in [6.07, 6.45) is 4.23. The van der Waals surface area contributed by atoms with Crippen molar-refractivity contribution in [1.82, 2.24) is 4.98 Å². The van der Waals surface area contributed by atoms with E-state index in [0.717, 1.165) is 39.3 Å². The summed E-state index contributed by atoms with van der Waals surface area (Å²) in [5.41, 5.74) is 4.01. The van der Waals surface area contributed by atoms with Crippen LogP contribution >= 0.6 is 15.9 Å². The molecule has 0 saturated heterocycles. The Balaban J connectivity index is 1.47. The Morgan fingerprint density at radius 2 is 1.70 bits per heavy atom. The van der Waals surface area contributed by atoms with E-state index in [1.807, 2.05) is 60.7 Å². The number of aldehydes is 1. The number of amides is 1. The lowest BCUT2D eigenvalue weighted by atomic mass is 10.0. The summed E-state index contributed by atoms with van der Waals surface area (Å²) in [6.45, 7) is 0. The van der Waals surface area contributed by atoms with Crippen LogP contribution in [0.15, 0.2) is 89.5 Å². The van der Waals surface area contributed by atoms with Crippen molar-refractivity contribution >= 4 is 50.4 Å². The molecule has 1 unspecified atom stereocenters. The van der Waals surface area contributed by atoms with Crippen LogP contribution in [0.25, 0.3) is 10.9 Å². The van der Waals surface area contributed by atoms with E-state index < -0.39 is 0 Å². The minimum Gasteiger partial charge on any atom is -0.381 e. The molecule has 1 atom stereocenters. The Kier molecular flexibility index (Phi) is 7.47. The van der Waals surface area contributed by atoms with Crippen molar-refractivity contribution in [1.29, 1.82) is 0 Å². The molecule has 0 radical (unpaired) electrons. The Morgan fingerprint density at radius 1 is 0.939 bits per heavy atom. The van der Waals surface area contributed by atoms with Gasteiger partial charge in [0.25, 0.3) is 0 Å². The van der Waals surface area contributed by atoms with Crippen molar-refractivity contribution < 1.29 is 9.59 Å². The summed E-state index contributed by atoms with van der Waals surface area (Å²) in [5, 5.41) is 7.46. The maximum Gasteiger partial charge on any atom is 0.224 e. The number of hydrogen-bond donors (Lipinski definition) is 2. The average molecular weight is 502 g/mol. The molecular weight excluding hydrogens is 478 g/mol. The first-order valence-corrected chi connectivity index (χ1v) is 11.6. The molecule has 33 heavy (non-hydrogen) atoms. The van der Waals surface area contributed by atoms with Crippen molar-refractivity contribution in [2.24, 2.45) is 0 Å². The normalized spacial score (nSPS) is 11.7. The molecule has 0 aliphatic rings. The van der Waals surface area contributed by atoms with E-state index in [2.05, 4.69) is 43.7 Å². The van der Waals surface area contributed by atoms with Crippen LogP contribution in [0, 0.1) is 0 Å². The van der Waals surface area contributed by atoms with Gasteiger partial charge in [0.2, 0.25) is 5.91 Å². The quantitative estimate of drug-likeness (QED) is 0.266. The molecule has 5 nitrogen and oxygen atoms in total. The number of halogens is 1. The maximum absolute atomic E-state index is 12.8. The Labute approximate surface area is 201 Å². The van der Waals surface area contributed by atoms with Gasteiger partial charge in [-0.15, -0.1) is 0 Å². The van der Waals surface area contributed by atoms with Gasteiger partial charge in [-0.2, -0.15) is 0 Å². The number of hydrogen-bond acceptors (Lipinski definition) is 4. The minimum atomic E-state index is -0.0700. The van der Waals surface area contributed by atoms with Gasteiger partial charge in [0.05, 0.1) is 11.2 Å². The number of carbonyl (C=O) groups excluding carboxylic acids is 2. The molecule has 3 aromatic carbocycles. The Bertz CT molecular complexity index is 1250. The fourth-order valence-electron chi connectivity index (χ4n) is 3.80. The van der Waals surface area contributed by atoms with Crippen molar-refractivity contribution in [2.75, 3.05) is 10.6 Å². The smallest absolute Gasteiger partial charge is 0.224 e. The number of para-hydroxylation sites is 2. The third-order valence-electron chi connectivity index (χ3n) is 5.47. The molecule has 4 rings (SSSR count). The minimum absolute atomic E-state index is 0.0244. The van der Waals surface area contributed by atoms with E-state index in [-0.39, 0.29) is 11.9 Å². The Hall–Kier alpha value is -3.51. The van der Waals surface area contributed by atoms with Crippen LogP contribution in [0.5, 0.6) is 0 Å². The van der Waals surface area contributed by atoms with Crippen molar-refractivity contribution in [2.45, 2.75) is 25.3 Å². The monoisotopic (exact) mass is 501 g/mol. The summed E-state index contributed by atoms with van der Waals surface area (Å²) in [7, 11) is 0. The topological polar surface area (TPSA) is 71.1 Å². The van der Waals surface area contributed by atoms with Crippen LogP contribution in [0.1, 0.15) is 28.8 Å². The number of pyridine rings is 1. The molecule has 1 heterocycles. The molecule has 166 valence electrons. The van der Waals surface area contributed by atoms with Gasteiger partial charge in [-0.1, -0.05) is 58.4 Å². The first-order chi connectivity index (χ1) is 16.1. The average Bonchev–Trinajstić information content (AvgIpc) is 2.84. The van der Waals surface area contributed by atoms with Gasteiger partial charge in [0.15, 0.2) is 6.29 Å². The van der Waals surface area contributed by atoms with Crippen LogP contribution in [0.3, 0.4) is 0 Å². The van der Waals surface area contributed by atoms with Gasteiger partial charge in [0, 0.05) is 39.8 Å². The number of rotatable bonds is 9.